The molecule has 0 saturated heterocycles. The Balaban J connectivity index is 1.94. The fraction of sp³-hybridized carbons (Fsp3) is 0.353. The van der Waals surface area contributed by atoms with E-state index in [2.05, 4.69) is 54.5 Å². The molecule has 2 nitrogen and oxygen atoms in total. The first-order chi connectivity index (χ1) is 9.47. The normalized spacial score (nSPS) is 19.7. The number of nitrogens with zero attached hydrogens (tertiary/aromatic N) is 1. The Hall–Kier alpha value is -1.54. The molecule has 1 aromatic heterocycles. The highest BCUT2D eigenvalue weighted by atomic mass is 35.5. The summed E-state index contributed by atoms with van der Waals surface area (Å²) in [6, 6.07) is 11.0. The summed E-state index contributed by atoms with van der Waals surface area (Å²) in [5.74, 6) is 0. The summed E-state index contributed by atoms with van der Waals surface area (Å²) in [6.45, 7) is 6.59. The maximum absolute atomic E-state index is 6.00. The first-order valence-corrected chi connectivity index (χ1v) is 7.32. The average Bonchev–Trinajstić information content (AvgIpc) is 2.65. The van der Waals surface area contributed by atoms with Gasteiger partial charge in [0.15, 0.2) is 0 Å². The molecule has 0 spiro atoms. The topological polar surface area (TPSA) is 24.9 Å². The van der Waals surface area contributed by atoms with Gasteiger partial charge >= 0.3 is 0 Å². The van der Waals surface area contributed by atoms with Crippen LogP contribution < -0.4 is 5.32 Å². The number of fused-ring (bicyclic) bond motifs is 1. The number of rotatable bonds is 2. The molecule has 0 aliphatic heterocycles. The second-order valence-electron chi connectivity index (χ2n) is 6.27. The standard InChI is InChI=1S/C17H19ClN2/c1-11-8-13(10-19-16(11)18)20-15-14-7-5-4-6-12(14)9-17(15,2)3/h4-8,10,15,20H,9H2,1-3H3. The molecule has 3 rings (SSSR count). The Labute approximate surface area is 125 Å². The lowest BCUT2D eigenvalue weighted by molar-refractivity contribution is 0.337. The number of nitrogens with one attached hydrogen (secondary N) is 1. The molecule has 3 heteroatoms. The number of pyridine rings is 1. The predicted octanol–water partition coefficient (Wildman–Crippen LogP) is 4.78. The van der Waals surface area contributed by atoms with Crippen LogP contribution in [0.3, 0.4) is 0 Å². The summed E-state index contributed by atoms with van der Waals surface area (Å²) in [5, 5.41) is 4.21. The smallest absolute Gasteiger partial charge is 0.132 e. The van der Waals surface area contributed by atoms with E-state index in [-0.39, 0.29) is 5.41 Å². The lowest BCUT2D eigenvalue weighted by Crippen LogP contribution is -2.24. The van der Waals surface area contributed by atoms with Crippen LogP contribution in [0.5, 0.6) is 0 Å². The number of aryl methyl sites for hydroxylation is 1. The third-order valence-corrected chi connectivity index (χ3v) is 4.51. The predicted molar refractivity (Wildman–Crippen MR) is 84.3 cm³/mol. The third kappa shape index (κ3) is 2.29. The number of hydrogen-bond acceptors (Lipinski definition) is 2. The molecule has 1 N–H and O–H groups in total. The fourth-order valence-electron chi connectivity index (χ4n) is 3.07. The van der Waals surface area contributed by atoms with Crippen LogP contribution in [0.4, 0.5) is 5.69 Å². The van der Waals surface area contributed by atoms with Crippen molar-refractivity contribution in [3.05, 3.63) is 58.4 Å². The van der Waals surface area contributed by atoms with Gasteiger partial charge in [0.25, 0.3) is 0 Å². The van der Waals surface area contributed by atoms with Crippen molar-refractivity contribution in [2.45, 2.75) is 33.2 Å². The van der Waals surface area contributed by atoms with Crippen molar-refractivity contribution in [2.75, 3.05) is 5.32 Å². The maximum atomic E-state index is 6.00. The van der Waals surface area contributed by atoms with Crippen molar-refractivity contribution >= 4 is 17.3 Å². The van der Waals surface area contributed by atoms with E-state index in [1.165, 1.54) is 11.1 Å². The van der Waals surface area contributed by atoms with Crippen molar-refractivity contribution in [1.82, 2.24) is 4.98 Å². The van der Waals surface area contributed by atoms with Crippen LogP contribution in [0, 0.1) is 12.3 Å². The van der Waals surface area contributed by atoms with Gasteiger partial charge in [-0.15, -0.1) is 0 Å². The Morgan fingerprint density at radius 2 is 2.05 bits per heavy atom. The molecule has 1 aromatic carbocycles. The SMILES string of the molecule is Cc1cc(NC2c3ccccc3CC2(C)C)cnc1Cl. The lowest BCUT2D eigenvalue weighted by atomic mass is 9.85. The van der Waals surface area contributed by atoms with Gasteiger partial charge in [0.1, 0.15) is 5.15 Å². The van der Waals surface area contributed by atoms with Gasteiger partial charge in [-0.25, -0.2) is 4.98 Å². The summed E-state index contributed by atoms with van der Waals surface area (Å²) >= 11 is 6.00. The van der Waals surface area contributed by atoms with Gasteiger partial charge in [-0.2, -0.15) is 0 Å². The summed E-state index contributed by atoms with van der Waals surface area (Å²) < 4.78 is 0. The van der Waals surface area contributed by atoms with Gasteiger partial charge in [-0.1, -0.05) is 49.7 Å². The summed E-state index contributed by atoms with van der Waals surface area (Å²) in [5.41, 5.74) is 5.05. The Bertz CT molecular complexity index is 649. The Morgan fingerprint density at radius 3 is 2.80 bits per heavy atom. The van der Waals surface area contributed by atoms with Crippen LogP contribution in [-0.2, 0) is 6.42 Å². The molecule has 1 aliphatic carbocycles. The van der Waals surface area contributed by atoms with E-state index in [4.69, 9.17) is 11.6 Å². The zero-order valence-electron chi connectivity index (χ0n) is 12.1. The van der Waals surface area contributed by atoms with Crippen LogP contribution in [0.1, 0.15) is 36.6 Å². The zero-order valence-corrected chi connectivity index (χ0v) is 12.8. The largest absolute Gasteiger partial charge is 0.376 e. The van der Waals surface area contributed by atoms with Gasteiger partial charge in [0, 0.05) is 0 Å². The molecular weight excluding hydrogens is 268 g/mol. The molecule has 1 heterocycles. The number of benzene rings is 1. The molecule has 2 aromatic rings. The summed E-state index contributed by atoms with van der Waals surface area (Å²) in [4.78, 5) is 4.23. The van der Waals surface area contributed by atoms with Crippen molar-refractivity contribution in [3.8, 4) is 0 Å². The minimum atomic E-state index is 0.192. The first kappa shape index (κ1) is 13.4. The highest BCUT2D eigenvalue weighted by molar-refractivity contribution is 6.30. The van der Waals surface area contributed by atoms with Gasteiger partial charge in [-0.05, 0) is 41.5 Å². The highest BCUT2D eigenvalue weighted by Crippen LogP contribution is 2.46. The molecule has 1 unspecified atom stereocenters. The molecule has 0 fully saturated rings. The van der Waals surface area contributed by atoms with E-state index in [0.717, 1.165) is 17.7 Å². The molecule has 1 aliphatic rings. The number of anilines is 1. The van der Waals surface area contributed by atoms with E-state index < -0.39 is 0 Å². The summed E-state index contributed by atoms with van der Waals surface area (Å²) in [7, 11) is 0. The fourth-order valence-corrected chi connectivity index (χ4v) is 3.17. The molecule has 104 valence electrons. The van der Waals surface area contributed by atoms with Crippen LogP contribution >= 0.6 is 11.6 Å². The van der Waals surface area contributed by atoms with Crippen LogP contribution in [0.15, 0.2) is 36.5 Å². The number of hydrogen-bond donors (Lipinski definition) is 1. The summed E-state index contributed by atoms with van der Waals surface area (Å²) in [6.07, 6.45) is 2.91. The monoisotopic (exact) mass is 286 g/mol. The van der Waals surface area contributed by atoms with Gasteiger partial charge < -0.3 is 5.32 Å². The van der Waals surface area contributed by atoms with Gasteiger partial charge in [-0.3, -0.25) is 0 Å². The lowest BCUT2D eigenvalue weighted by Gasteiger charge is -2.29. The molecule has 0 amide bonds. The van der Waals surface area contributed by atoms with E-state index in [9.17, 15) is 0 Å². The van der Waals surface area contributed by atoms with E-state index >= 15 is 0 Å². The quantitative estimate of drug-likeness (QED) is 0.804. The molecule has 0 radical (unpaired) electrons. The van der Waals surface area contributed by atoms with Crippen LogP contribution in [-0.4, -0.2) is 4.98 Å². The van der Waals surface area contributed by atoms with Crippen molar-refractivity contribution in [1.29, 1.82) is 0 Å². The number of halogens is 1. The highest BCUT2D eigenvalue weighted by Gasteiger charge is 2.38. The Morgan fingerprint density at radius 1 is 1.30 bits per heavy atom. The van der Waals surface area contributed by atoms with Crippen LogP contribution in [0.2, 0.25) is 5.15 Å². The second-order valence-corrected chi connectivity index (χ2v) is 6.63. The zero-order chi connectivity index (χ0) is 14.3. The van der Waals surface area contributed by atoms with E-state index in [0.29, 0.717) is 11.2 Å². The molecule has 0 saturated carbocycles. The Kier molecular flexibility index (Phi) is 3.21. The van der Waals surface area contributed by atoms with E-state index in [1.807, 2.05) is 13.1 Å². The van der Waals surface area contributed by atoms with Crippen LogP contribution in [0.25, 0.3) is 0 Å². The average molecular weight is 287 g/mol. The molecule has 0 bridgehead atoms. The second kappa shape index (κ2) is 4.78. The van der Waals surface area contributed by atoms with Crippen molar-refractivity contribution in [3.63, 3.8) is 0 Å². The minimum absolute atomic E-state index is 0.192. The van der Waals surface area contributed by atoms with E-state index in [1.54, 1.807) is 0 Å². The van der Waals surface area contributed by atoms with Gasteiger partial charge in [0.05, 0.1) is 17.9 Å². The third-order valence-electron chi connectivity index (χ3n) is 4.12. The minimum Gasteiger partial charge on any atom is -0.376 e. The van der Waals surface area contributed by atoms with Crippen molar-refractivity contribution < 1.29 is 0 Å². The molecule has 20 heavy (non-hydrogen) atoms. The maximum Gasteiger partial charge on any atom is 0.132 e. The molecule has 1 atom stereocenters. The molecular formula is C17H19ClN2. The van der Waals surface area contributed by atoms with Gasteiger partial charge in [0.2, 0.25) is 0 Å². The van der Waals surface area contributed by atoms with Crippen molar-refractivity contribution in [2.24, 2.45) is 5.41 Å². The first-order valence-electron chi connectivity index (χ1n) is 6.94. The number of aromatic nitrogens is 1.